The molecule has 2 aliphatic rings. The number of benzene rings is 4. The largest absolute Gasteiger partial charge is 0.405 e. The summed E-state index contributed by atoms with van der Waals surface area (Å²) < 4.78 is 51.1. The van der Waals surface area contributed by atoms with E-state index >= 15 is 9.13 Å². The molecular formula is C52H76N4O3P2. The fourth-order valence-corrected chi connectivity index (χ4v) is 16.0. The molecule has 332 valence electrons. The van der Waals surface area contributed by atoms with Crippen LogP contribution in [-0.4, -0.2) is 26.2 Å². The Balaban J connectivity index is 1.76. The predicted octanol–water partition coefficient (Wildman–Crippen LogP) is 16.3. The van der Waals surface area contributed by atoms with E-state index in [0.29, 0.717) is 26.2 Å². The first-order valence-corrected chi connectivity index (χ1v) is 26.3. The van der Waals surface area contributed by atoms with Crippen LogP contribution in [-0.2, 0) is 13.4 Å². The van der Waals surface area contributed by atoms with Crippen molar-refractivity contribution >= 4 is 38.1 Å². The Kier molecular flexibility index (Phi) is 14.1. The van der Waals surface area contributed by atoms with E-state index < -0.39 is 15.3 Å². The van der Waals surface area contributed by atoms with Crippen molar-refractivity contribution in [3.8, 4) is 0 Å². The molecular weight excluding hydrogens is 791 g/mol. The van der Waals surface area contributed by atoms with Gasteiger partial charge in [-0.3, -0.25) is 18.7 Å². The molecule has 4 aromatic rings. The van der Waals surface area contributed by atoms with E-state index in [1.54, 1.807) is 0 Å². The average molecular weight is 867 g/mol. The molecule has 0 atom stereocenters. The van der Waals surface area contributed by atoms with Gasteiger partial charge in [0.2, 0.25) is 0 Å². The van der Waals surface area contributed by atoms with Gasteiger partial charge in [0, 0.05) is 26.2 Å². The van der Waals surface area contributed by atoms with Crippen LogP contribution in [0.25, 0.3) is 0 Å². The lowest BCUT2D eigenvalue weighted by atomic mass is 9.92. The summed E-state index contributed by atoms with van der Waals surface area (Å²) in [6.07, 6.45) is 0. The summed E-state index contributed by atoms with van der Waals surface area (Å²) in [5.41, 5.74) is 12.8. The van der Waals surface area contributed by atoms with E-state index in [2.05, 4.69) is 202 Å². The molecule has 0 bridgehead atoms. The summed E-state index contributed by atoms with van der Waals surface area (Å²) >= 11 is 0. The van der Waals surface area contributed by atoms with Crippen LogP contribution in [0.5, 0.6) is 0 Å². The minimum atomic E-state index is -4.27. The third-order valence-electron chi connectivity index (χ3n) is 12.9. The molecule has 0 unspecified atom stereocenters. The molecule has 0 amide bonds. The monoisotopic (exact) mass is 867 g/mol. The van der Waals surface area contributed by atoms with Gasteiger partial charge in [-0.2, -0.15) is 0 Å². The van der Waals surface area contributed by atoms with Crippen molar-refractivity contribution in [1.82, 2.24) is 0 Å². The van der Waals surface area contributed by atoms with E-state index in [1.165, 1.54) is 0 Å². The number of nitrogens with zero attached hydrogens (tertiary/aromatic N) is 4. The number of para-hydroxylation sites is 4. The van der Waals surface area contributed by atoms with Crippen molar-refractivity contribution in [1.29, 1.82) is 0 Å². The third kappa shape index (κ3) is 8.50. The smallest absolute Gasteiger partial charge is 0.282 e. The Bertz CT molecular complexity index is 1880. The highest BCUT2D eigenvalue weighted by Gasteiger charge is 2.58. The Morgan fingerprint density at radius 2 is 0.475 bits per heavy atom. The van der Waals surface area contributed by atoms with Crippen molar-refractivity contribution in [2.75, 3.05) is 44.9 Å². The lowest BCUT2D eigenvalue weighted by molar-refractivity contribution is 0.455. The molecule has 0 radical (unpaired) electrons. The molecule has 0 spiro atoms. The number of hydrogen-bond donors (Lipinski definition) is 0. The summed E-state index contributed by atoms with van der Waals surface area (Å²) in [5.74, 6) is 1.21. The topological polar surface area (TPSA) is 56.3 Å². The lowest BCUT2D eigenvalue weighted by Crippen LogP contribution is -2.29. The average Bonchev–Trinajstić information content (AvgIpc) is 3.70. The van der Waals surface area contributed by atoms with Gasteiger partial charge in [0.1, 0.15) is 0 Å². The van der Waals surface area contributed by atoms with Gasteiger partial charge >= 0.3 is 15.3 Å². The van der Waals surface area contributed by atoms with E-state index in [1.807, 2.05) is 0 Å². The standard InChI is InChI=1S/C52H76N4O3P2/c1-33(2)41-21-17-22-42(34(3)4)49(41)53-29-30-54(50-43(35(5)6)23-18-24-44(50)36(7)8)60(53,57)59-61(58)55(51-45(37(9)10)25-19-26-46(51)38(11)12)31-32-56(61)52-47(39(13)14)27-20-28-48(52)40(15)16/h17-28,33-40H,29-32H2,1-16H3. The van der Waals surface area contributed by atoms with Crippen molar-refractivity contribution in [3.05, 3.63) is 117 Å². The minimum Gasteiger partial charge on any atom is -0.282 e. The molecule has 0 saturated carbocycles. The molecule has 2 aliphatic heterocycles. The molecule has 4 aromatic carbocycles. The van der Waals surface area contributed by atoms with Crippen LogP contribution in [0, 0.1) is 0 Å². The summed E-state index contributed by atoms with van der Waals surface area (Å²) in [6, 6.07) is 26.0. The second-order valence-corrected chi connectivity index (χ2v) is 24.5. The van der Waals surface area contributed by atoms with Gasteiger partial charge in [-0.15, -0.1) is 0 Å². The van der Waals surface area contributed by atoms with E-state index in [0.717, 1.165) is 67.3 Å². The quantitative estimate of drug-likeness (QED) is 0.117. The van der Waals surface area contributed by atoms with Crippen molar-refractivity contribution < 1.29 is 13.4 Å². The zero-order valence-corrected chi connectivity index (χ0v) is 42.1. The molecule has 0 aliphatic carbocycles. The van der Waals surface area contributed by atoms with E-state index in [4.69, 9.17) is 4.31 Å². The van der Waals surface area contributed by atoms with Crippen LogP contribution >= 0.6 is 15.3 Å². The highest BCUT2D eigenvalue weighted by atomic mass is 31.3. The first-order valence-electron chi connectivity index (χ1n) is 23.2. The number of anilines is 4. The molecule has 2 saturated heterocycles. The van der Waals surface area contributed by atoms with Gasteiger partial charge in [0.25, 0.3) is 0 Å². The first-order chi connectivity index (χ1) is 28.7. The SMILES string of the molecule is CC(C)c1cccc(C(C)C)c1N1CCN(c2c(C(C)C)cccc2C(C)C)P1(=O)OP1(=O)N(c2c(C(C)C)cccc2C(C)C)CCN1c1c(C(C)C)cccc1C(C)C. The van der Waals surface area contributed by atoms with Gasteiger partial charge in [-0.1, -0.05) is 184 Å². The Hall–Kier alpha value is -3.50. The molecule has 7 nitrogen and oxygen atoms in total. The molecule has 2 heterocycles. The number of rotatable bonds is 14. The van der Waals surface area contributed by atoms with Crippen molar-refractivity contribution in [2.24, 2.45) is 0 Å². The highest BCUT2D eigenvalue weighted by molar-refractivity contribution is 7.75. The maximum absolute atomic E-state index is 17.6. The molecule has 0 aromatic heterocycles. The third-order valence-corrected chi connectivity index (χ3v) is 18.6. The molecule has 61 heavy (non-hydrogen) atoms. The van der Waals surface area contributed by atoms with Crippen LogP contribution in [0.2, 0.25) is 0 Å². The summed E-state index contributed by atoms with van der Waals surface area (Å²) in [6.45, 7) is 37.2. The predicted molar refractivity (Wildman–Crippen MR) is 264 cm³/mol. The van der Waals surface area contributed by atoms with Gasteiger partial charge in [-0.05, 0) is 91.9 Å². The summed E-state index contributed by atoms with van der Waals surface area (Å²) in [5, 5.41) is 0. The van der Waals surface area contributed by atoms with Gasteiger partial charge in [-0.25, -0.2) is 13.4 Å². The summed E-state index contributed by atoms with van der Waals surface area (Å²) in [7, 11) is -8.53. The Labute approximate surface area is 370 Å². The second-order valence-electron chi connectivity index (χ2n) is 19.9. The van der Waals surface area contributed by atoms with Crippen LogP contribution in [0.15, 0.2) is 72.8 Å². The minimum absolute atomic E-state index is 0.152. The van der Waals surface area contributed by atoms with E-state index in [-0.39, 0.29) is 47.3 Å². The normalized spacial score (nSPS) is 16.8. The second kappa shape index (κ2) is 18.3. The van der Waals surface area contributed by atoms with E-state index in [9.17, 15) is 0 Å². The maximum atomic E-state index is 17.6. The zero-order chi connectivity index (χ0) is 44.9. The van der Waals surface area contributed by atoms with Crippen molar-refractivity contribution in [3.63, 3.8) is 0 Å². The highest BCUT2D eigenvalue weighted by Crippen LogP contribution is 2.76. The van der Waals surface area contributed by atoms with Crippen LogP contribution in [0.3, 0.4) is 0 Å². The van der Waals surface area contributed by atoms with Crippen LogP contribution in [0.4, 0.5) is 22.7 Å². The molecule has 0 N–H and O–H groups in total. The fraction of sp³-hybridized carbons (Fsp3) is 0.538. The van der Waals surface area contributed by atoms with Crippen LogP contribution in [0.1, 0.15) is 203 Å². The van der Waals surface area contributed by atoms with Crippen molar-refractivity contribution in [2.45, 2.75) is 158 Å². The van der Waals surface area contributed by atoms with Gasteiger partial charge in [0.05, 0.1) is 22.7 Å². The molecule has 2 fully saturated rings. The van der Waals surface area contributed by atoms with Gasteiger partial charge < -0.3 is 0 Å². The Morgan fingerprint density at radius 1 is 0.328 bits per heavy atom. The maximum Gasteiger partial charge on any atom is 0.405 e. The molecule has 9 heteroatoms. The van der Waals surface area contributed by atoms with Crippen LogP contribution < -0.4 is 18.7 Å². The fourth-order valence-electron chi connectivity index (χ4n) is 9.65. The zero-order valence-electron chi connectivity index (χ0n) is 40.3. The molecule has 6 rings (SSSR count). The van der Waals surface area contributed by atoms with Gasteiger partial charge in [0.15, 0.2) is 0 Å². The first kappa shape index (κ1) is 47.0. The summed E-state index contributed by atoms with van der Waals surface area (Å²) in [4.78, 5) is 0. The Morgan fingerprint density at radius 3 is 0.607 bits per heavy atom. The number of hydrogen-bond acceptors (Lipinski definition) is 3. The lowest BCUT2D eigenvalue weighted by Gasteiger charge is -2.42.